The maximum absolute atomic E-state index is 4.89. The molecule has 1 unspecified atom stereocenters. The molecule has 1 aliphatic rings. The Balaban J connectivity index is 1.70. The molecular weight excluding hydrogens is 380 g/mol. The molecule has 2 aromatic carbocycles. The fourth-order valence-corrected chi connectivity index (χ4v) is 5.17. The van der Waals surface area contributed by atoms with Crippen LogP contribution in [-0.4, -0.2) is 14.3 Å². The van der Waals surface area contributed by atoms with Gasteiger partial charge in [0, 0.05) is 33.9 Å². The van der Waals surface area contributed by atoms with Gasteiger partial charge in [-0.3, -0.25) is 0 Å². The maximum Gasteiger partial charge on any atom is 0.149 e. The van der Waals surface area contributed by atoms with E-state index in [9.17, 15) is 0 Å². The van der Waals surface area contributed by atoms with Crippen molar-refractivity contribution in [3.05, 3.63) is 87.4 Å². The molecule has 0 fully saturated rings. The quantitative estimate of drug-likeness (QED) is 0.411. The van der Waals surface area contributed by atoms with Crippen LogP contribution in [0.1, 0.15) is 51.1 Å². The molecular formula is C27H30N4. The molecule has 0 amide bonds. The summed E-state index contributed by atoms with van der Waals surface area (Å²) >= 11 is 0. The predicted molar refractivity (Wildman–Crippen MR) is 128 cm³/mol. The van der Waals surface area contributed by atoms with Gasteiger partial charge in [-0.1, -0.05) is 29.3 Å². The van der Waals surface area contributed by atoms with Gasteiger partial charge in [0.15, 0.2) is 0 Å². The predicted octanol–water partition coefficient (Wildman–Crippen LogP) is 6.47. The normalized spacial score (nSPS) is 14.9. The van der Waals surface area contributed by atoms with Crippen molar-refractivity contribution in [2.24, 2.45) is 0 Å². The molecule has 0 spiro atoms. The lowest BCUT2D eigenvalue weighted by Gasteiger charge is -2.31. The number of aryl methyl sites for hydroxylation is 6. The minimum Gasteiger partial charge on any atom is -0.359 e. The first-order chi connectivity index (χ1) is 14.7. The fraction of sp³-hybridized carbons (Fsp3) is 0.296. The molecule has 1 N–H and O–H groups in total. The van der Waals surface area contributed by atoms with Gasteiger partial charge in [0.1, 0.15) is 6.17 Å². The molecule has 0 saturated heterocycles. The van der Waals surface area contributed by atoms with E-state index in [1.165, 1.54) is 61.8 Å². The zero-order valence-corrected chi connectivity index (χ0v) is 19.5. The van der Waals surface area contributed by atoms with Crippen molar-refractivity contribution in [1.29, 1.82) is 0 Å². The lowest BCUT2D eigenvalue weighted by Crippen LogP contribution is -2.26. The Hall–Kier alpha value is -3.27. The molecule has 4 aromatic rings. The van der Waals surface area contributed by atoms with Gasteiger partial charge in [0.2, 0.25) is 0 Å². The number of anilines is 1. The van der Waals surface area contributed by atoms with Crippen LogP contribution in [0.25, 0.3) is 16.9 Å². The minimum absolute atomic E-state index is 0.0386. The summed E-state index contributed by atoms with van der Waals surface area (Å²) in [5, 5.41) is 8.72. The van der Waals surface area contributed by atoms with Crippen LogP contribution in [0, 0.1) is 48.5 Å². The Labute approximate surface area is 184 Å². The maximum atomic E-state index is 4.89. The molecule has 0 aliphatic carbocycles. The third-order valence-electron chi connectivity index (χ3n) is 6.50. The SMILES string of the molecule is Cc1ccc(-n2c(C)cc(C3Nc4c(C)cc(C)cc4-c4cc(C)nn43)c2C)c(C)c1. The van der Waals surface area contributed by atoms with E-state index in [0.29, 0.717) is 0 Å². The Kier molecular flexibility index (Phi) is 4.37. The van der Waals surface area contributed by atoms with Crippen LogP contribution in [0.4, 0.5) is 5.69 Å². The molecule has 4 nitrogen and oxygen atoms in total. The lowest BCUT2D eigenvalue weighted by atomic mass is 9.98. The number of benzene rings is 2. The summed E-state index contributed by atoms with van der Waals surface area (Å²) < 4.78 is 4.53. The van der Waals surface area contributed by atoms with E-state index in [2.05, 4.69) is 105 Å². The van der Waals surface area contributed by atoms with Crippen LogP contribution in [0.5, 0.6) is 0 Å². The van der Waals surface area contributed by atoms with Crippen molar-refractivity contribution in [2.75, 3.05) is 5.32 Å². The van der Waals surface area contributed by atoms with Crippen LogP contribution < -0.4 is 5.32 Å². The summed E-state index contributed by atoms with van der Waals surface area (Å²) in [4.78, 5) is 0. The smallest absolute Gasteiger partial charge is 0.149 e. The second kappa shape index (κ2) is 6.88. The van der Waals surface area contributed by atoms with Crippen LogP contribution in [-0.2, 0) is 0 Å². The number of nitrogens with zero attached hydrogens (tertiary/aromatic N) is 3. The molecule has 0 saturated carbocycles. The highest BCUT2D eigenvalue weighted by molar-refractivity contribution is 5.82. The zero-order chi connectivity index (χ0) is 22.0. The Morgan fingerprint density at radius 2 is 1.55 bits per heavy atom. The highest BCUT2D eigenvalue weighted by atomic mass is 15.4. The highest BCUT2D eigenvalue weighted by Crippen LogP contribution is 2.42. The van der Waals surface area contributed by atoms with E-state index in [1.807, 2.05) is 0 Å². The van der Waals surface area contributed by atoms with E-state index < -0.39 is 0 Å². The van der Waals surface area contributed by atoms with Gasteiger partial charge in [0.05, 0.1) is 11.4 Å². The molecule has 0 radical (unpaired) electrons. The first-order valence-corrected chi connectivity index (χ1v) is 11.0. The molecule has 0 bridgehead atoms. The van der Waals surface area contributed by atoms with Crippen LogP contribution >= 0.6 is 0 Å². The van der Waals surface area contributed by atoms with Crippen molar-refractivity contribution in [3.8, 4) is 16.9 Å². The molecule has 4 heteroatoms. The second-order valence-corrected chi connectivity index (χ2v) is 9.12. The summed E-state index contributed by atoms with van der Waals surface area (Å²) in [5.74, 6) is 0. The number of hydrogen-bond donors (Lipinski definition) is 1. The summed E-state index contributed by atoms with van der Waals surface area (Å²) in [6, 6.07) is 15.7. The van der Waals surface area contributed by atoms with E-state index in [4.69, 9.17) is 5.10 Å². The summed E-state index contributed by atoms with van der Waals surface area (Å²) in [6.07, 6.45) is -0.0386. The number of rotatable bonds is 2. The molecule has 3 heterocycles. The van der Waals surface area contributed by atoms with Gasteiger partial charge in [-0.25, -0.2) is 4.68 Å². The second-order valence-electron chi connectivity index (χ2n) is 9.12. The van der Waals surface area contributed by atoms with Gasteiger partial charge >= 0.3 is 0 Å². The molecule has 158 valence electrons. The van der Waals surface area contributed by atoms with Crippen LogP contribution in [0.2, 0.25) is 0 Å². The highest BCUT2D eigenvalue weighted by Gasteiger charge is 2.30. The van der Waals surface area contributed by atoms with Crippen molar-refractivity contribution in [2.45, 2.75) is 54.6 Å². The monoisotopic (exact) mass is 410 g/mol. The van der Waals surface area contributed by atoms with E-state index in [1.54, 1.807) is 0 Å². The average molecular weight is 411 g/mol. The Bertz CT molecular complexity index is 1340. The largest absolute Gasteiger partial charge is 0.359 e. The summed E-state index contributed by atoms with van der Waals surface area (Å²) in [7, 11) is 0. The topological polar surface area (TPSA) is 34.8 Å². The summed E-state index contributed by atoms with van der Waals surface area (Å²) in [5.41, 5.74) is 14.8. The van der Waals surface area contributed by atoms with Gasteiger partial charge < -0.3 is 9.88 Å². The van der Waals surface area contributed by atoms with Crippen LogP contribution in [0.15, 0.2) is 42.5 Å². The average Bonchev–Trinajstić information content (AvgIpc) is 3.22. The number of nitrogens with one attached hydrogen (secondary N) is 1. The zero-order valence-electron chi connectivity index (χ0n) is 19.5. The van der Waals surface area contributed by atoms with Gasteiger partial charge in [-0.15, -0.1) is 0 Å². The first-order valence-electron chi connectivity index (χ1n) is 11.0. The number of hydrogen-bond acceptors (Lipinski definition) is 2. The van der Waals surface area contributed by atoms with Crippen molar-refractivity contribution in [1.82, 2.24) is 14.3 Å². The van der Waals surface area contributed by atoms with Crippen molar-refractivity contribution >= 4 is 5.69 Å². The number of fused-ring (bicyclic) bond motifs is 3. The molecule has 5 rings (SSSR count). The van der Waals surface area contributed by atoms with E-state index in [-0.39, 0.29) is 6.17 Å². The summed E-state index contributed by atoms with van der Waals surface area (Å²) in [6.45, 7) is 15.2. The molecule has 2 aromatic heterocycles. The Morgan fingerprint density at radius 3 is 2.29 bits per heavy atom. The number of aromatic nitrogens is 3. The van der Waals surface area contributed by atoms with Crippen LogP contribution in [0.3, 0.4) is 0 Å². The van der Waals surface area contributed by atoms with Crippen molar-refractivity contribution < 1.29 is 0 Å². The molecule has 1 aliphatic heterocycles. The van der Waals surface area contributed by atoms with Gasteiger partial charge in [0.25, 0.3) is 0 Å². The van der Waals surface area contributed by atoms with Gasteiger partial charge in [-0.2, -0.15) is 5.10 Å². The minimum atomic E-state index is -0.0386. The van der Waals surface area contributed by atoms with Gasteiger partial charge in [-0.05, 0) is 83.9 Å². The van der Waals surface area contributed by atoms with Crippen molar-refractivity contribution in [3.63, 3.8) is 0 Å². The third kappa shape index (κ3) is 3.01. The third-order valence-corrected chi connectivity index (χ3v) is 6.50. The standard InChI is InChI=1S/C27H30N4/c1-15-8-9-24(17(3)10-15)30-20(6)14-22(21(30)7)27-28-26-18(4)11-16(2)12-23(26)25-13-19(5)29-31(25)27/h8-14,27-28H,1-7H3. The molecule has 1 atom stereocenters. The lowest BCUT2D eigenvalue weighted by molar-refractivity contribution is 0.567. The Morgan fingerprint density at radius 1 is 0.806 bits per heavy atom. The molecule has 31 heavy (non-hydrogen) atoms. The van der Waals surface area contributed by atoms with E-state index >= 15 is 0 Å². The first kappa shape index (κ1) is 19.7. The fourth-order valence-electron chi connectivity index (χ4n) is 5.17. The van der Waals surface area contributed by atoms with E-state index in [0.717, 1.165) is 5.69 Å².